The van der Waals surface area contributed by atoms with Crippen LogP contribution in [-0.4, -0.2) is 25.4 Å². The van der Waals surface area contributed by atoms with Gasteiger partial charge in [0.05, 0.1) is 11.9 Å². The summed E-state index contributed by atoms with van der Waals surface area (Å²) in [6, 6.07) is 9.86. The minimum atomic E-state index is 0.469. The lowest BCUT2D eigenvalue weighted by atomic mass is 10.1. The fourth-order valence-electron chi connectivity index (χ4n) is 1.96. The summed E-state index contributed by atoms with van der Waals surface area (Å²) in [6.45, 7) is 1.92. The van der Waals surface area contributed by atoms with Crippen LogP contribution in [0.3, 0.4) is 0 Å². The van der Waals surface area contributed by atoms with Gasteiger partial charge in [-0.3, -0.25) is 0 Å². The summed E-state index contributed by atoms with van der Waals surface area (Å²) in [5.41, 5.74) is 5.85. The van der Waals surface area contributed by atoms with Crippen LogP contribution >= 0.6 is 0 Å². The minimum absolute atomic E-state index is 0.469. The number of nitrogen functional groups attached to an aromatic ring is 1. The molecule has 0 aliphatic carbocycles. The lowest BCUT2D eigenvalue weighted by Gasteiger charge is -2.11. The number of H-pyrrole nitrogens is 1. The van der Waals surface area contributed by atoms with Crippen molar-refractivity contribution in [1.29, 1.82) is 0 Å². The van der Waals surface area contributed by atoms with E-state index >= 15 is 0 Å². The average Bonchev–Trinajstić information content (AvgIpc) is 3.03. The van der Waals surface area contributed by atoms with Gasteiger partial charge in [0, 0.05) is 11.1 Å². The second-order valence-electron chi connectivity index (χ2n) is 4.24. The fraction of sp³-hybridized carbons (Fsp3) is 0.0769. The van der Waals surface area contributed by atoms with Crippen molar-refractivity contribution in [3.8, 4) is 22.8 Å². The molecule has 0 bridgehead atoms. The highest BCUT2D eigenvalue weighted by molar-refractivity contribution is 5.70. The third-order valence-corrected chi connectivity index (χ3v) is 2.97. The number of hydrazine groups is 1. The number of rotatable bonds is 3. The molecule has 0 unspecified atom stereocenters. The Morgan fingerprint density at radius 2 is 1.95 bits per heavy atom. The van der Waals surface area contributed by atoms with Crippen LogP contribution in [0.5, 0.6) is 0 Å². The van der Waals surface area contributed by atoms with Gasteiger partial charge in [-0.1, -0.05) is 30.3 Å². The zero-order valence-electron chi connectivity index (χ0n) is 10.8. The van der Waals surface area contributed by atoms with Crippen LogP contribution in [0.2, 0.25) is 0 Å². The standard InChI is InChI=1S/C13H13N7/c1-8-11(9-5-3-2-4-6-9)16-13(17-12(8)18-14)10-7-15-20-19-10/h2-7H,14H2,1H3,(H,15,19,20)(H,16,17,18). The second kappa shape index (κ2) is 5.06. The van der Waals surface area contributed by atoms with Gasteiger partial charge >= 0.3 is 0 Å². The first kappa shape index (κ1) is 12.2. The van der Waals surface area contributed by atoms with Gasteiger partial charge in [-0.15, -0.1) is 0 Å². The summed E-state index contributed by atoms with van der Waals surface area (Å²) in [4.78, 5) is 8.91. The zero-order chi connectivity index (χ0) is 13.9. The zero-order valence-corrected chi connectivity index (χ0v) is 10.8. The molecule has 1 aromatic carbocycles. The van der Waals surface area contributed by atoms with Crippen LogP contribution in [0.1, 0.15) is 5.56 Å². The molecule has 3 aromatic rings. The molecule has 0 fully saturated rings. The number of anilines is 1. The largest absolute Gasteiger partial charge is 0.308 e. The summed E-state index contributed by atoms with van der Waals surface area (Å²) < 4.78 is 0. The number of benzene rings is 1. The van der Waals surface area contributed by atoms with Crippen LogP contribution in [0.15, 0.2) is 36.5 Å². The maximum absolute atomic E-state index is 5.54. The van der Waals surface area contributed by atoms with E-state index in [0.717, 1.165) is 16.8 Å². The third kappa shape index (κ3) is 2.10. The SMILES string of the molecule is Cc1c(NN)nc(-c2cn[nH]n2)nc1-c1ccccc1. The maximum atomic E-state index is 5.54. The van der Waals surface area contributed by atoms with E-state index in [4.69, 9.17) is 5.84 Å². The molecule has 7 heteroatoms. The molecule has 0 aliphatic heterocycles. The minimum Gasteiger partial charge on any atom is -0.308 e. The second-order valence-corrected chi connectivity index (χ2v) is 4.24. The van der Waals surface area contributed by atoms with E-state index in [-0.39, 0.29) is 0 Å². The molecule has 2 heterocycles. The van der Waals surface area contributed by atoms with Crippen LogP contribution in [0.4, 0.5) is 5.82 Å². The molecule has 2 aromatic heterocycles. The molecule has 4 N–H and O–H groups in total. The topological polar surface area (TPSA) is 105 Å². The number of nitrogens with two attached hydrogens (primary N) is 1. The molecule has 0 aliphatic rings. The molecule has 20 heavy (non-hydrogen) atoms. The van der Waals surface area contributed by atoms with Crippen LogP contribution in [-0.2, 0) is 0 Å². The number of nitrogens with zero attached hydrogens (tertiary/aromatic N) is 4. The van der Waals surface area contributed by atoms with Crippen molar-refractivity contribution in [3.63, 3.8) is 0 Å². The molecule has 0 atom stereocenters. The van der Waals surface area contributed by atoms with Crippen molar-refractivity contribution in [3.05, 3.63) is 42.1 Å². The van der Waals surface area contributed by atoms with Gasteiger partial charge < -0.3 is 5.43 Å². The lowest BCUT2D eigenvalue weighted by molar-refractivity contribution is 0.938. The molecule has 100 valence electrons. The number of hydrogen-bond donors (Lipinski definition) is 3. The van der Waals surface area contributed by atoms with Crippen LogP contribution in [0, 0.1) is 6.92 Å². The van der Waals surface area contributed by atoms with Crippen molar-refractivity contribution in [1.82, 2.24) is 25.4 Å². The van der Waals surface area contributed by atoms with E-state index in [1.807, 2.05) is 37.3 Å². The van der Waals surface area contributed by atoms with E-state index in [0.29, 0.717) is 17.3 Å². The smallest absolute Gasteiger partial charge is 0.184 e. The normalized spacial score (nSPS) is 10.5. The van der Waals surface area contributed by atoms with E-state index in [9.17, 15) is 0 Å². The van der Waals surface area contributed by atoms with Crippen molar-refractivity contribution < 1.29 is 0 Å². The predicted octanol–water partition coefficient (Wildman–Crippen LogP) is 1.52. The van der Waals surface area contributed by atoms with Gasteiger partial charge in [0.15, 0.2) is 5.82 Å². The van der Waals surface area contributed by atoms with Gasteiger partial charge in [-0.25, -0.2) is 15.8 Å². The fourth-order valence-corrected chi connectivity index (χ4v) is 1.96. The molecule has 0 radical (unpaired) electrons. The first-order chi connectivity index (χ1) is 9.79. The number of aromatic nitrogens is 5. The average molecular weight is 267 g/mol. The Morgan fingerprint density at radius 3 is 2.60 bits per heavy atom. The number of aromatic amines is 1. The van der Waals surface area contributed by atoms with Crippen molar-refractivity contribution in [2.45, 2.75) is 6.92 Å². The van der Waals surface area contributed by atoms with Crippen molar-refractivity contribution >= 4 is 5.82 Å². The molecule has 0 saturated carbocycles. The van der Waals surface area contributed by atoms with E-state index < -0.39 is 0 Å². The number of nitrogens with one attached hydrogen (secondary N) is 2. The summed E-state index contributed by atoms with van der Waals surface area (Å²) in [6.07, 6.45) is 1.57. The Hall–Kier alpha value is -2.80. The Bertz CT molecular complexity index is 707. The Kier molecular flexibility index (Phi) is 3.10. The summed E-state index contributed by atoms with van der Waals surface area (Å²) in [5.74, 6) is 6.57. The van der Waals surface area contributed by atoms with Gasteiger partial charge in [0.25, 0.3) is 0 Å². The lowest BCUT2D eigenvalue weighted by Crippen LogP contribution is -2.12. The number of hydrogen-bond acceptors (Lipinski definition) is 6. The monoisotopic (exact) mass is 267 g/mol. The van der Waals surface area contributed by atoms with E-state index in [1.165, 1.54) is 0 Å². The molecule has 7 nitrogen and oxygen atoms in total. The van der Waals surface area contributed by atoms with Gasteiger partial charge in [0.1, 0.15) is 11.5 Å². The van der Waals surface area contributed by atoms with Crippen LogP contribution in [0.25, 0.3) is 22.8 Å². The summed E-state index contributed by atoms with van der Waals surface area (Å²) in [7, 11) is 0. The highest BCUT2D eigenvalue weighted by Crippen LogP contribution is 2.27. The Labute approximate surface area is 115 Å². The van der Waals surface area contributed by atoms with E-state index in [1.54, 1.807) is 6.20 Å². The predicted molar refractivity (Wildman–Crippen MR) is 75.4 cm³/mol. The third-order valence-electron chi connectivity index (χ3n) is 2.97. The van der Waals surface area contributed by atoms with Gasteiger partial charge in [-0.05, 0) is 6.92 Å². The molecule has 0 spiro atoms. The van der Waals surface area contributed by atoms with Crippen LogP contribution < -0.4 is 11.3 Å². The summed E-state index contributed by atoms with van der Waals surface area (Å²) >= 11 is 0. The molecule has 0 amide bonds. The van der Waals surface area contributed by atoms with E-state index in [2.05, 4.69) is 30.8 Å². The molecule has 3 rings (SSSR count). The first-order valence-corrected chi connectivity index (χ1v) is 6.06. The highest BCUT2D eigenvalue weighted by Gasteiger charge is 2.14. The van der Waals surface area contributed by atoms with Crippen molar-refractivity contribution in [2.75, 3.05) is 5.43 Å². The van der Waals surface area contributed by atoms with Crippen molar-refractivity contribution in [2.24, 2.45) is 5.84 Å². The molecular weight excluding hydrogens is 254 g/mol. The highest BCUT2D eigenvalue weighted by atomic mass is 15.3. The summed E-state index contributed by atoms with van der Waals surface area (Å²) in [5, 5.41) is 10.3. The maximum Gasteiger partial charge on any atom is 0.184 e. The first-order valence-electron chi connectivity index (χ1n) is 6.06. The molecular formula is C13H13N7. The van der Waals surface area contributed by atoms with Gasteiger partial charge in [0.2, 0.25) is 0 Å². The quantitative estimate of drug-likeness (QED) is 0.491. The van der Waals surface area contributed by atoms with Gasteiger partial charge in [-0.2, -0.15) is 15.4 Å². The molecule has 0 saturated heterocycles. The Balaban J connectivity index is 2.21. The Morgan fingerprint density at radius 1 is 1.15 bits per heavy atom.